The maximum absolute atomic E-state index is 13.4. The van der Waals surface area contributed by atoms with Gasteiger partial charge in [-0.05, 0) is 26.7 Å². The van der Waals surface area contributed by atoms with Crippen molar-refractivity contribution in [1.82, 2.24) is 24.7 Å². The maximum atomic E-state index is 13.4. The lowest BCUT2D eigenvalue weighted by molar-refractivity contribution is 0.0406. The monoisotopic (exact) mass is 518 g/mol. The van der Waals surface area contributed by atoms with Crippen molar-refractivity contribution in [3.8, 4) is 0 Å². The highest BCUT2D eigenvalue weighted by atomic mass is 35.5. The summed E-state index contributed by atoms with van der Waals surface area (Å²) in [6, 6.07) is -0.384. The lowest BCUT2D eigenvalue weighted by Crippen LogP contribution is -2.34. The lowest BCUT2D eigenvalue weighted by atomic mass is 10.2. The molecular formula is C20H31ClN6O6S. The summed E-state index contributed by atoms with van der Waals surface area (Å²) in [4.78, 5) is 8.21. The first-order valence-electron chi connectivity index (χ1n) is 10.8. The molecule has 14 heteroatoms. The molecule has 1 aliphatic heterocycles. The molecule has 0 radical (unpaired) electrons. The van der Waals surface area contributed by atoms with E-state index >= 15 is 0 Å². The van der Waals surface area contributed by atoms with Crippen LogP contribution in [0.25, 0.3) is 0 Å². The molecular weight excluding hydrogens is 488 g/mol. The van der Waals surface area contributed by atoms with E-state index in [0.717, 1.165) is 12.8 Å². The molecule has 0 aromatic carbocycles. The summed E-state index contributed by atoms with van der Waals surface area (Å²) in [6.07, 6.45) is 3.19. The summed E-state index contributed by atoms with van der Waals surface area (Å²) >= 11 is 5.85. The number of hydrogen-bond donors (Lipinski definition) is 1. The van der Waals surface area contributed by atoms with E-state index in [9.17, 15) is 8.42 Å². The van der Waals surface area contributed by atoms with Crippen molar-refractivity contribution in [2.24, 2.45) is 0 Å². The maximum Gasteiger partial charge on any atom is 0.240 e. The number of aromatic nitrogens is 5. The minimum Gasteiger partial charge on any atom is -0.382 e. The van der Waals surface area contributed by atoms with E-state index in [2.05, 4.69) is 24.9 Å². The standard InChI is InChI=1S/C20H31ClN6O6S/c1-12-6-7-16(33-12)19-24-25-20(27(19)15(10-30-3)11-31-4)26-34(28,29)13(2)17(32-5)18-22-8-14(21)9-23-18/h8-9,12-13,15-17H,6-7,10-11H2,1-5H3,(H,25,26)/t12-,13?,16-,17?/m1/s1. The van der Waals surface area contributed by atoms with Gasteiger partial charge >= 0.3 is 0 Å². The number of sulfonamides is 1. The van der Waals surface area contributed by atoms with Gasteiger partial charge in [0.2, 0.25) is 16.0 Å². The van der Waals surface area contributed by atoms with Crippen molar-refractivity contribution >= 4 is 27.6 Å². The highest BCUT2D eigenvalue weighted by Gasteiger charge is 2.36. The second kappa shape index (κ2) is 11.7. The average molecular weight is 519 g/mol. The van der Waals surface area contributed by atoms with Crippen LogP contribution in [0.15, 0.2) is 12.4 Å². The van der Waals surface area contributed by atoms with Crippen LogP contribution in [0.3, 0.4) is 0 Å². The molecule has 12 nitrogen and oxygen atoms in total. The van der Waals surface area contributed by atoms with Gasteiger partial charge in [0, 0.05) is 33.7 Å². The van der Waals surface area contributed by atoms with Gasteiger partial charge in [0.05, 0.1) is 30.4 Å². The van der Waals surface area contributed by atoms with Gasteiger partial charge in [-0.15, -0.1) is 10.2 Å². The zero-order chi connectivity index (χ0) is 24.9. The van der Waals surface area contributed by atoms with E-state index in [1.807, 2.05) is 6.92 Å². The molecule has 190 valence electrons. The number of halogens is 1. The fourth-order valence-corrected chi connectivity index (χ4v) is 5.12. The molecule has 2 aromatic heterocycles. The number of rotatable bonds is 12. The first kappa shape index (κ1) is 26.7. The van der Waals surface area contributed by atoms with Crippen molar-refractivity contribution in [2.45, 2.75) is 56.3 Å². The highest BCUT2D eigenvalue weighted by molar-refractivity contribution is 7.93. The van der Waals surface area contributed by atoms with Crippen molar-refractivity contribution in [3.05, 3.63) is 29.1 Å². The van der Waals surface area contributed by atoms with Gasteiger partial charge in [-0.25, -0.2) is 18.4 Å². The Labute approximate surface area is 204 Å². The number of anilines is 1. The quantitative estimate of drug-likeness (QED) is 0.445. The van der Waals surface area contributed by atoms with Crippen LogP contribution in [-0.4, -0.2) is 79.0 Å². The fraction of sp³-hybridized carbons (Fsp3) is 0.700. The second-order valence-electron chi connectivity index (χ2n) is 8.10. The zero-order valence-corrected chi connectivity index (χ0v) is 21.4. The Hall–Kier alpha value is -1.90. The van der Waals surface area contributed by atoms with Gasteiger partial charge < -0.3 is 18.9 Å². The Morgan fingerprint density at radius 1 is 1.18 bits per heavy atom. The first-order valence-corrected chi connectivity index (χ1v) is 12.7. The highest BCUT2D eigenvalue weighted by Crippen LogP contribution is 2.35. The van der Waals surface area contributed by atoms with E-state index in [4.69, 9.17) is 30.5 Å². The zero-order valence-electron chi connectivity index (χ0n) is 19.8. The van der Waals surface area contributed by atoms with Crippen LogP contribution in [0.1, 0.15) is 56.6 Å². The van der Waals surface area contributed by atoms with Crippen LogP contribution in [-0.2, 0) is 29.0 Å². The van der Waals surface area contributed by atoms with Crippen LogP contribution >= 0.6 is 11.6 Å². The fourth-order valence-electron chi connectivity index (χ4n) is 3.89. The summed E-state index contributed by atoms with van der Waals surface area (Å²) in [5.74, 6) is 0.742. The largest absolute Gasteiger partial charge is 0.382 e. The van der Waals surface area contributed by atoms with E-state index < -0.39 is 21.4 Å². The lowest BCUT2D eigenvalue weighted by Gasteiger charge is -2.25. The molecule has 4 atom stereocenters. The van der Waals surface area contributed by atoms with Crippen molar-refractivity contribution < 1.29 is 27.4 Å². The number of methoxy groups -OCH3 is 3. The predicted molar refractivity (Wildman–Crippen MR) is 124 cm³/mol. The molecule has 0 spiro atoms. The predicted octanol–water partition coefficient (Wildman–Crippen LogP) is 2.31. The summed E-state index contributed by atoms with van der Waals surface area (Å²) in [5, 5.41) is 7.69. The molecule has 0 saturated carbocycles. The van der Waals surface area contributed by atoms with Gasteiger partial charge in [-0.1, -0.05) is 11.6 Å². The Morgan fingerprint density at radius 2 is 1.82 bits per heavy atom. The molecule has 1 saturated heterocycles. The van der Waals surface area contributed by atoms with Crippen molar-refractivity contribution in [3.63, 3.8) is 0 Å². The molecule has 34 heavy (non-hydrogen) atoms. The van der Waals surface area contributed by atoms with E-state index in [1.54, 1.807) is 18.8 Å². The molecule has 2 unspecified atom stereocenters. The van der Waals surface area contributed by atoms with Crippen LogP contribution in [0.2, 0.25) is 5.02 Å². The molecule has 0 aliphatic carbocycles. The third-order valence-electron chi connectivity index (χ3n) is 5.62. The first-order chi connectivity index (χ1) is 16.2. The van der Waals surface area contributed by atoms with Gasteiger partial charge in [-0.3, -0.25) is 9.29 Å². The minimum absolute atomic E-state index is 0.0379. The minimum atomic E-state index is -4.02. The molecule has 0 amide bonds. The summed E-state index contributed by atoms with van der Waals surface area (Å²) in [5.41, 5.74) is 0. The molecule has 0 bridgehead atoms. The van der Waals surface area contributed by atoms with Crippen LogP contribution in [0.5, 0.6) is 0 Å². The summed E-state index contributed by atoms with van der Waals surface area (Å²) < 4.78 is 53.1. The number of nitrogens with zero attached hydrogens (tertiary/aromatic N) is 5. The van der Waals surface area contributed by atoms with Crippen LogP contribution < -0.4 is 4.72 Å². The van der Waals surface area contributed by atoms with E-state index in [-0.39, 0.29) is 43.2 Å². The van der Waals surface area contributed by atoms with Gasteiger partial charge in [0.25, 0.3) is 0 Å². The smallest absolute Gasteiger partial charge is 0.240 e. The van der Waals surface area contributed by atoms with Crippen LogP contribution in [0.4, 0.5) is 5.95 Å². The second-order valence-corrected chi connectivity index (χ2v) is 10.6. The third kappa shape index (κ3) is 6.01. The molecule has 2 aromatic rings. The van der Waals surface area contributed by atoms with Gasteiger partial charge in [0.1, 0.15) is 17.5 Å². The topological polar surface area (TPSA) is 140 Å². The van der Waals surface area contributed by atoms with E-state index in [1.165, 1.54) is 26.4 Å². The summed E-state index contributed by atoms with van der Waals surface area (Å²) in [6.45, 7) is 3.99. The van der Waals surface area contributed by atoms with Gasteiger partial charge in [0.15, 0.2) is 11.6 Å². The third-order valence-corrected chi connectivity index (χ3v) is 7.51. The molecule has 3 rings (SSSR count). The Balaban J connectivity index is 1.94. The average Bonchev–Trinajstić information content (AvgIpc) is 3.41. The number of ether oxygens (including phenoxy) is 4. The van der Waals surface area contributed by atoms with Gasteiger partial charge in [-0.2, -0.15) is 0 Å². The normalized spacial score (nSPS) is 20.6. The molecule has 1 N–H and O–H groups in total. The number of hydrogen-bond acceptors (Lipinski definition) is 10. The molecule has 3 heterocycles. The van der Waals surface area contributed by atoms with Crippen molar-refractivity contribution in [2.75, 3.05) is 39.3 Å². The van der Waals surface area contributed by atoms with Crippen LogP contribution in [0, 0.1) is 0 Å². The molecule has 1 aliphatic rings. The molecule has 1 fully saturated rings. The van der Waals surface area contributed by atoms with Crippen molar-refractivity contribution in [1.29, 1.82) is 0 Å². The Kier molecular flexibility index (Phi) is 9.18. The summed E-state index contributed by atoms with van der Waals surface area (Å²) in [7, 11) is 0.482. The Bertz CT molecular complexity index is 1030. The number of nitrogens with one attached hydrogen (secondary N) is 1. The van der Waals surface area contributed by atoms with E-state index in [0.29, 0.717) is 10.8 Å². The SMILES string of the molecule is COCC(COC)n1c(NS(=O)(=O)C(C)C(OC)c2ncc(Cl)cn2)nnc1[C@H]1CC[C@@H](C)O1. The Morgan fingerprint density at radius 3 is 2.35 bits per heavy atom.